The monoisotopic (exact) mass is 309 g/mol. The van der Waals surface area contributed by atoms with Crippen molar-refractivity contribution >= 4 is 23.2 Å². The summed E-state index contributed by atoms with van der Waals surface area (Å²) in [6.07, 6.45) is -0.700. The van der Waals surface area contributed by atoms with Crippen LogP contribution in [0.4, 0.5) is 30.8 Å². The molecule has 0 saturated carbocycles. The molecule has 0 fully saturated rings. The van der Waals surface area contributed by atoms with Crippen LogP contribution in [0.1, 0.15) is 5.56 Å². The Morgan fingerprint density at radius 2 is 1.95 bits per heavy atom. The van der Waals surface area contributed by atoms with Crippen molar-refractivity contribution in [2.24, 2.45) is 0 Å². The molecule has 114 valence electrons. The number of alkyl halides is 3. The van der Waals surface area contributed by atoms with Gasteiger partial charge in [0.25, 0.3) is 0 Å². The van der Waals surface area contributed by atoms with Crippen LogP contribution >= 0.6 is 0 Å². The van der Waals surface area contributed by atoms with Crippen LogP contribution in [0.15, 0.2) is 30.7 Å². The number of aromatic nitrogens is 5. The Morgan fingerprint density at radius 3 is 2.68 bits per heavy atom. The lowest BCUT2D eigenvalue weighted by atomic mass is 10.3. The van der Waals surface area contributed by atoms with Crippen LogP contribution in [-0.4, -0.2) is 31.6 Å². The minimum atomic E-state index is -4.53. The first kappa shape index (κ1) is 14.0. The van der Waals surface area contributed by atoms with Gasteiger partial charge in [0.2, 0.25) is 5.95 Å². The van der Waals surface area contributed by atoms with E-state index in [1.807, 2.05) is 0 Å². The van der Waals surface area contributed by atoms with Gasteiger partial charge in [-0.2, -0.15) is 27.8 Å². The van der Waals surface area contributed by atoms with Gasteiger partial charge >= 0.3 is 6.18 Å². The molecule has 10 heteroatoms. The van der Waals surface area contributed by atoms with Crippen LogP contribution in [0.5, 0.6) is 0 Å². The third kappa shape index (κ3) is 2.50. The lowest BCUT2D eigenvalue weighted by Crippen LogP contribution is -2.13. The van der Waals surface area contributed by atoms with Crippen molar-refractivity contribution in [3.05, 3.63) is 36.3 Å². The van der Waals surface area contributed by atoms with Gasteiger partial charge in [0.1, 0.15) is 17.2 Å². The molecule has 3 aromatic heterocycles. The highest BCUT2D eigenvalue weighted by Gasteiger charge is 2.35. The zero-order chi connectivity index (χ0) is 15.7. The molecule has 0 bridgehead atoms. The molecule has 0 aliphatic heterocycles. The fourth-order valence-corrected chi connectivity index (χ4v) is 1.88. The molecule has 7 nitrogen and oxygen atoms in total. The highest BCUT2D eigenvalue weighted by Crippen LogP contribution is 2.33. The summed E-state index contributed by atoms with van der Waals surface area (Å²) in [6.45, 7) is 0. The molecule has 3 rings (SSSR count). The summed E-state index contributed by atoms with van der Waals surface area (Å²) in [4.78, 5) is 11.6. The van der Waals surface area contributed by atoms with Crippen LogP contribution in [0.2, 0.25) is 0 Å². The van der Waals surface area contributed by atoms with Gasteiger partial charge in [0.15, 0.2) is 5.65 Å². The van der Waals surface area contributed by atoms with Gasteiger partial charge in [-0.25, -0.2) is 9.97 Å². The summed E-state index contributed by atoms with van der Waals surface area (Å²) < 4.78 is 39.9. The molecular formula is C12H10F3N7. The fraction of sp³-hybridized carbons (Fsp3) is 0.167. The topological polar surface area (TPSA) is 80.0 Å². The second kappa shape index (κ2) is 5.13. The average molecular weight is 309 g/mol. The van der Waals surface area contributed by atoms with E-state index >= 15 is 0 Å². The maximum Gasteiger partial charge on any atom is 0.421 e. The molecule has 2 N–H and O–H groups in total. The van der Waals surface area contributed by atoms with Crippen LogP contribution in [0, 0.1) is 0 Å². The highest BCUT2D eigenvalue weighted by molar-refractivity contribution is 5.56. The highest BCUT2D eigenvalue weighted by atomic mass is 19.4. The third-order valence-corrected chi connectivity index (χ3v) is 2.86. The normalized spacial score (nSPS) is 11.6. The van der Waals surface area contributed by atoms with Crippen LogP contribution in [-0.2, 0) is 6.18 Å². The predicted octanol–water partition coefficient (Wildman–Crippen LogP) is 2.32. The minimum absolute atomic E-state index is 0.0142. The summed E-state index contributed by atoms with van der Waals surface area (Å²) in [6, 6.07) is 3.30. The quantitative estimate of drug-likeness (QED) is 0.773. The Labute approximate surface area is 122 Å². The molecule has 0 spiro atoms. The number of nitrogens with one attached hydrogen (secondary N) is 2. The molecule has 3 aromatic rings. The van der Waals surface area contributed by atoms with Crippen molar-refractivity contribution in [2.75, 3.05) is 17.7 Å². The predicted molar refractivity (Wildman–Crippen MR) is 72.9 cm³/mol. The Morgan fingerprint density at radius 1 is 1.14 bits per heavy atom. The number of hydrogen-bond donors (Lipinski definition) is 2. The van der Waals surface area contributed by atoms with Crippen molar-refractivity contribution in [1.29, 1.82) is 0 Å². The second-order valence-electron chi connectivity index (χ2n) is 4.26. The summed E-state index contributed by atoms with van der Waals surface area (Å²) in [5, 5.41) is 9.29. The van der Waals surface area contributed by atoms with Crippen molar-refractivity contribution in [1.82, 2.24) is 24.6 Å². The molecule has 0 aromatic carbocycles. The Hall–Kier alpha value is -2.91. The van der Waals surface area contributed by atoms with Gasteiger partial charge in [-0.15, -0.1) is 0 Å². The van der Waals surface area contributed by atoms with E-state index in [1.54, 1.807) is 24.5 Å². The van der Waals surface area contributed by atoms with Crippen molar-refractivity contribution in [3.63, 3.8) is 0 Å². The van der Waals surface area contributed by atoms with E-state index in [0.29, 0.717) is 11.5 Å². The standard InChI is InChI=1S/C12H10F3N7/c1-16-10-7(12(13,14)15)6-18-11(21-10)20-9-2-4-17-8-3-5-19-22(8)9/h2-6H,1H3,(H2,16,18,20,21). The maximum atomic E-state index is 12.8. The first-order chi connectivity index (χ1) is 10.5. The molecular weight excluding hydrogens is 299 g/mol. The third-order valence-electron chi connectivity index (χ3n) is 2.86. The van der Waals surface area contributed by atoms with E-state index in [-0.39, 0.29) is 11.8 Å². The number of rotatable bonds is 3. The smallest absolute Gasteiger partial charge is 0.372 e. The van der Waals surface area contributed by atoms with Gasteiger partial charge in [-0.05, 0) is 6.07 Å². The fourth-order valence-electron chi connectivity index (χ4n) is 1.88. The molecule has 0 unspecified atom stereocenters. The average Bonchev–Trinajstić information content (AvgIpc) is 2.95. The SMILES string of the molecule is CNc1nc(Nc2ccnc3ccnn23)ncc1C(F)(F)F. The van der Waals surface area contributed by atoms with E-state index in [0.717, 1.165) is 6.20 Å². The molecule has 0 atom stereocenters. The van der Waals surface area contributed by atoms with Crippen molar-refractivity contribution in [2.45, 2.75) is 6.18 Å². The van der Waals surface area contributed by atoms with Crippen LogP contribution in [0.25, 0.3) is 5.65 Å². The van der Waals surface area contributed by atoms with Gasteiger partial charge in [-0.1, -0.05) is 0 Å². The van der Waals surface area contributed by atoms with Crippen molar-refractivity contribution < 1.29 is 13.2 Å². The zero-order valence-corrected chi connectivity index (χ0v) is 11.3. The Balaban J connectivity index is 1.98. The van der Waals surface area contributed by atoms with E-state index in [9.17, 15) is 13.2 Å². The molecule has 0 aliphatic rings. The molecule has 0 aliphatic carbocycles. The zero-order valence-electron chi connectivity index (χ0n) is 11.3. The largest absolute Gasteiger partial charge is 0.421 e. The number of halogens is 3. The first-order valence-corrected chi connectivity index (χ1v) is 6.17. The van der Waals surface area contributed by atoms with E-state index < -0.39 is 11.7 Å². The van der Waals surface area contributed by atoms with Gasteiger partial charge in [0.05, 0.1) is 6.20 Å². The number of fused-ring (bicyclic) bond motifs is 1. The number of anilines is 3. The summed E-state index contributed by atoms with van der Waals surface area (Å²) in [7, 11) is 1.36. The van der Waals surface area contributed by atoms with E-state index in [4.69, 9.17) is 0 Å². The van der Waals surface area contributed by atoms with E-state index in [2.05, 4.69) is 30.7 Å². The second-order valence-corrected chi connectivity index (χ2v) is 4.26. The molecule has 0 saturated heterocycles. The van der Waals surface area contributed by atoms with E-state index in [1.165, 1.54) is 11.6 Å². The summed E-state index contributed by atoms with van der Waals surface area (Å²) >= 11 is 0. The maximum absolute atomic E-state index is 12.8. The van der Waals surface area contributed by atoms with Gasteiger partial charge in [0, 0.05) is 25.5 Å². The minimum Gasteiger partial charge on any atom is -0.372 e. The number of hydrogen-bond acceptors (Lipinski definition) is 6. The summed E-state index contributed by atoms with van der Waals surface area (Å²) in [5.41, 5.74) is -0.342. The lowest BCUT2D eigenvalue weighted by Gasteiger charge is -2.13. The molecule has 0 radical (unpaired) electrons. The molecule has 0 amide bonds. The van der Waals surface area contributed by atoms with Crippen molar-refractivity contribution in [3.8, 4) is 0 Å². The Kier molecular flexibility index (Phi) is 3.28. The molecule has 3 heterocycles. The Bertz CT molecular complexity index is 812. The van der Waals surface area contributed by atoms with Gasteiger partial charge in [-0.3, -0.25) is 0 Å². The lowest BCUT2D eigenvalue weighted by molar-refractivity contribution is -0.137. The number of nitrogens with zero attached hydrogens (tertiary/aromatic N) is 5. The molecule has 22 heavy (non-hydrogen) atoms. The van der Waals surface area contributed by atoms with Crippen LogP contribution in [0.3, 0.4) is 0 Å². The van der Waals surface area contributed by atoms with Gasteiger partial charge < -0.3 is 10.6 Å². The van der Waals surface area contributed by atoms with Crippen LogP contribution < -0.4 is 10.6 Å². The summed E-state index contributed by atoms with van der Waals surface area (Å²) in [5.74, 6) is 0.188. The first-order valence-electron chi connectivity index (χ1n) is 6.17.